The number of anilines is 1. The molecule has 1 aliphatic heterocycles. The number of benzene rings is 1. The molecule has 1 N–H and O–H groups in total. The molecule has 2 amide bonds. The molecular formula is C17H18ClN3O2S. The number of likely N-dealkylation sites (N-methyl/N-ethyl adjacent to an activating group) is 1. The molecule has 1 aromatic heterocycles. The van der Waals surface area contributed by atoms with Gasteiger partial charge in [0.05, 0.1) is 15.6 Å². The molecule has 2 aromatic rings. The SMILES string of the molecule is CN1CCN(C(=O)c2ccc(Cl)c(NC(=O)c3cccs3)c2)CC1. The lowest BCUT2D eigenvalue weighted by atomic mass is 10.1. The average molecular weight is 364 g/mol. The van der Waals surface area contributed by atoms with Gasteiger partial charge in [-0.25, -0.2) is 0 Å². The molecule has 0 aliphatic carbocycles. The molecule has 0 spiro atoms. The Kier molecular flexibility index (Phi) is 5.18. The van der Waals surface area contributed by atoms with E-state index in [1.165, 1.54) is 11.3 Å². The molecule has 0 saturated carbocycles. The van der Waals surface area contributed by atoms with E-state index in [-0.39, 0.29) is 11.8 Å². The molecule has 0 atom stereocenters. The Labute approximate surface area is 149 Å². The van der Waals surface area contributed by atoms with Crippen molar-refractivity contribution in [1.82, 2.24) is 9.80 Å². The fraction of sp³-hybridized carbons (Fsp3) is 0.294. The summed E-state index contributed by atoms with van der Waals surface area (Å²) in [6.45, 7) is 3.13. The van der Waals surface area contributed by atoms with Crippen LogP contribution in [0.3, 0.4) is 0 Å². The minimum Gasteiger partial charge on any atom is -0.336 e. The Bertz CT molecular complexity index is 740. The number of halogens is 1. The van der Waals surface area contributed by atoms with Gasteiger partial charge in [0.15, 0.2) is 0 Å². The zero-order valence-corrected chi connectivity index (χ0v) is 14.9. The van der Waals surface area contributed by atoms with Crippen molar-refractivity contribution in [3.05, 3.63) is 51.2 Å². The van der Waals surface area contributed by atoms with Crippen molar-refractivity contribution in [2.24, 2.45) is 0 Å². The van der Waals surface area contributed by atoms with E-state index in [0.29, 0.717) is 34.2 Å². The predicted octanol–water partition coefficient (Wildman–Crippen LogP) is 3.04. The molecule has 1 saturated heterocycles. The first-order chi connectivity index (χ1) is 11.5. The minimum absolute atomic E-state index is 0.0358. The van der Waals surface area contributed by atoms with Crippen LogP contribution in [0.1, 0.15) is 20.0 Å². The van der Waals surface area contributed by atoms with Gasteiger partial charge in [-0.3, -0.25) is 9.59 Å². The van der Waals surface area contributed by atoms with E-state index in [2.05, 4.69) is 10.2 Å². The summed E-state index contributed by atoms with van der Waals surface area (Å²) < 4.78 is 0. The van der Waals surface area contributed by atoms with Crippen LogP contribution >= 0.6 is 22.9 Å². The van der Waals surface area contributed by atoms with E-state index in [0.717, 1.165) is 13.1 Å². The number of thiophene rings is 1. The largest absolute Gasteiger partial charge is 0.336 e. The lowest BCUT2D eigenvalue weighted by Crippen LogP contribution is -2.47. The highest BCUT2D eigenvalue weighted by atomic mass is 35.5. The Morgan fingerprint density at radius 2 is 1.92 bits per heavy atom. The fourth-order valence-electron chi connectivity index (χ4n) is 2.54. The zero-order valence-electron chi connectivity index (χ0n) is 13.3. The Morgan fingerprint density at radius 1 is 1.17 bits per heavy atom. The molecule has 0 radical (unpaired) electrons. The van der Waals surface area contributed by atoms with Gasteiger partial charge in [-0.05, 0) is 36.7 Å². The number of nitrogens with one attached hydrogen (secondary N) is 1. The number of amides is 2. The molecule has 1 fully saturated rings. The number of rotatable bonds is 3. The smallest absolute Gasteiger partial charge is 0.265 e. The summed E-state index contributed by atoms with van der Waals surface area (Å²) in [6, 6.07) is 8.55. The average Bonchev–Trinajstić information content (AvgIpc) is 3.11. The van der Waals surface area contributed by atoms with Crippen molar-refractivity contribution in [2.45, 2.75) is 0 Å². The maximum absolute atomic E-state index is 12.6. The molecular weight excluding hydrogens is 346 g/mol. The zero-order chi connectivity index (χ0) is 17.1. The van der Waals surface area contributed by atoms with Crippen LogP contribution in [0, 0.1) is 0 Å². The topological polar surface area (TPSA) is 52.6 Å². The Balaban J connectivity index is 1.76. The highest BCUT2D eigenvalue weighted by Gasteiger charge is 2.21. The minimum atomic E-state index is -0.226. The highest BCUT2D eigenvalue weighted by molar-refractivity contribution is 7.12. The van der Waals surface area contributed by atoms with E-state index in [1.54, 1.807) is 24.3 Å². The van der Waals surface area contributed by atoms with Gasteiger partial charge in [0.1, 0.15) is 0 Å². The molecule has 3 rings (SSSR count). The summed E-state index contributed by atoms with van der Waals surface area (Å²) in [4.78, 5) is 29.4. The predicted molar refractivity (Wildman–Crippen MR) is 97.1 cm³/mol. The van der Waals surface area contributed by atoms with Crippen molar-refractivity contribution >= 4 is 40.4 Å². The molecule has 0 unspecified atom stereocenters. The Hall–Kier alpha value is -1.89. The molecule has 126 valence electrons. The summed E-state index contributed by atoms with van der Waals surface area (Å²) >= 11 is 7.52. The summed E-state index contributed by atoms with van der Waals surface area (Å²) in [5.41, 5.74) is 0.987. The number of piperazine rings is 1. The summed E-state index contributed by atoms with van der Waals surface area (Å²) in [5.74, 6) is -0.262. The number of hydrogen-bond donors (Lipinski definition) is 1. The van der Waals surface area contributed by atoms with Crippen LogP contribution in [-0.4, -0.2) is 54.8 Å². The second-order valence-electron chi connectivity index (χ2n) is 5.72. The van der Waals surface area contributed by atoms with Crippen LogP contribution in [0.5, 0.6) is 0 Å². The monoisotopic (exact) mass is 363 g/mol. The molecule has 5 nitrogen and oxygen atoms in total. The normalized spacial score (nSPS) is 15.3. The third kappa shape index (κ3) is 3.77. The first kappa shape index (κ1) is 17.0. The maximum atomic E-state index is 12.6. The number of carbonyl (C=O) groups excluding carboxylic acids is 2. The summed E-state index contributed by atoms with van der Waals surface area (Å²) in [6.07, 6.45) is 0. The van der Waals surface area contributed by atoms with Gasteiger partial charge in [-0.15, -0.1) is 11.3 Å². The number of hydrogen-bond acceptors (Lipinski definition) is 4. The first-order valence-corrected chi connectivity index (χ1v) is 8.92. The third-order valence-electron chi connectivity index (χ3n) is 4.00. The van der Waals surface area contributed by atoms with Crippen molar-refractivity contribution in [3.63, 3.8) is 0 Å². The lowest BCUT2D eigenvalue weighted by molar-refractivity contribution is 0.0664. The third-order valence-corrected chi connectivity index (χ3v) is 5.20. The van der Waals surface area contributed by atoms with Crippen molar-refractivity contribution < 1.29 is 9.59 Å². The van der Waals surface area contributed by atoms with Crippen LogP contribution in [-0.2, 0) is 0 Å². The van der Waals surface area contributed by atoms with E-state index in [9.17, 15) is 9.59 Å². The van der Waals surface area contributed by atoms with Gasteiger partial charge < -0.3 is 15.1 Å². The summed E-state index contributed by atoms with van der Waals surface area (Å²) in [7, 11) is 2.04. The van der Waals surface area contributed by atoms with Gasteiger partial charge in [0.25, 0.3) is 11.8 Å². The molecule has 0 bridgehead atoms. The van der Waals surface area contributed by atoms with Crippen molar-refractivity contribution in [3.8, 4) is 0 Å². The van der Waals surface area contributed by atoms with Crippen molar-refractivity contribution in [2.75, 3.05) is 38.5 Å². The fourth-order valence-corrected chi connectivity index (χ4v) is 3.32. The molecule has 7 heteroatoms. The Morgan fingerprint density at radius 3 is 2.58 bits per heavy atom. The van der Waals surface area contributed by atoms with Gasteiger partial charge in [-0.2, -0.15) is 0 Å². The molecule has 1 aliphatic rings. The number of nitrogens with zero attached hydrogens (tertiary/aromatic N) is 2. The molecule has 1 aromatic carbocycles. The second kappa shape index (κ2) is 7.34. The van der Waals surface area contributed by atoms with Crippen LogP contribution in [0.4, 0.5) is 5.69 Å². The lowest BCUT2D eigenvalue weighted by Gasteiger charge is -2.32. The maximum Gasteiger partial charge on any atom is 0.265 e. The standard InChI is InChI=1S/C17H18ClN3O2S/c1-20-6-8-21(9-7-20)17(23)12-4-5-13(18)14(11-12)19-16(22)15-3-2-10-24-15/h2-5,10-11H,6-9H2,1H3,(H,19,22). The van der Waals surface area contributed by atoms with Gasteiger partial charge in [-0.1, -0.05) is 17.7 Å². The molecule has 24 heavy (non-hydrogen) atoms. The van der Waals surface area contributed by atoms with Crippen LogP contribution in [0.15, 0.2) is 35.7 Å². The number of carbonyl (C=O) groups is 2. The summed E-state index contributed by atoms with van der Waals surface area (Å²) in [5, 5.41) is 5.03. The van der Waals surface area contributed by atoms with E-state index < -0.39 is 0 Å². The van der Waals surface area contributed by atoms with Crippen LogP contribution < -0.4 is 5.32 Å². The van der Waals surface area contributed by atoms with Crippen LogP contribution in [0.25, 0.3) is 0 Å². The van der Waals surface area contributed by atoms with E-state index in [1.807, 2.05) is 23.4 Å². The van der Waals surface area contributed by atoms with Gasteiger partial charge in [0.2, 0.25) is 0 Å². The first-order valence-electron chi connectivity index (χ1n) is 7.67. The van der Waals surface area contributed by atoms with E-state index >= 15 is 0 Å². The molecule has 2 heterocycles. The van der Waals surface area contributed by atoms with Crippen molar-refractivity contribution in [1.29, 1.82) is 0 Å². The quantitative estimate of drug-likeness (QED) is 0.911. The van der Waals surface area contributed by atoms with Gasteiger partial charge in [0, 0.05) is 31.7 Å². The second-order valence-corrected chi connectivity index (χ2v) is 7.08. The van der Waals surface area contributed by atoms with E-state index in [4.69, 9.17) is 11.6 Å². The van der Waals surface area contributed by atoms with Gasteiger partial charge >= 0.3 is 0 Å². The van der Waals surface area contributed by atoms with Crippen LogP contribution in [0.2, 0.25) is 5.02 Å². The highest BCUT2D eigenvalue weighted by Crippen LogP contribution is 2.25.